The van der Waals surface area contributed by atoms with Crippen LogP contribution in [0.5, 0.6) is 5.75 Å². The maximum absolute atomic E-state index is 12.5. The van der Waals surface area contributed by atoms with Crippen LogP contribution in [0.4, 0.5) is 5.69 Å². The SMILES string of the molecule is CCOc1ccccc1NC(=O)C1(C(=O)NC2CC2)CC1. The Hall–Kier alpha value is -2.04. The summed E-state index contributed by atoms with van der Waals surface area (Å²) in [5, 5.41) is 5.78. The predicted molar refractivity (Wildman–Crippen MR) is 79.1 cm³/mol. The van der Waals surface area contributed by atoms with Crippen molar-refractivity contribution in [2.75, 3.05) is 11.9 Å². The standard InChI is InChI=1S/C16H20N2O3/c1-2-21-13-6-4-3-5-12(13)18-15(20)16(9-10-16)14(19)17-11-7-8-11/h3-6,11H,2,7-10H2,1H3,(H,17,19)(H,18,20). The van der Waals surface area contributed by atoms with Crippen molar-refractivity contribution >= 4 is 17.5 Å². The number of para-hydroxylation sites is 2. The molecule has 2 aliphatic rings. The van der Waals surface area contributed by atoms with Gasteiger partial charge in [-0.3, -0.25) is 9.59 Å². The lowest BCUT2D eigenvalue weighted by atomic mass is 10.0. The first kappa shape index (κ1) is 13.9. The molecule has 2 aliphatic carbocycles. The van der Waals surface area contributed by atoms with E-state index < -0.39 is 5.41 Å². The molecule has 0 atom stereocenters. The smallest absolute Gasteiger partial charge is 0.240 e. The Kier molecular flexibility index (Phi) is 3.57. The molecule has 2 fully saturated rings. The van der Waals surface area contributed by atoms with E-state index in [2.05, 4.69) is 10.6 Å². The predicted octanol–water partition coefficient (Wildman–Crippen LogP) is 2.08. The van der Waals surface area contributed by atoms with Gasteiger partial charge in [0.15, 0.2) is 0 Å². The Morgan fingerprint density at radius 2 is 1.95 bits per heavy atom. The fraction of sp³-hybridized carbons (Fsp3) is 0.500. The lowest BCUT2D eigenvalue weighted by Gasteiger charge is -2.17. The lowest BCUT2D eigenvalue weighted by Crippen LogP contribution is -2.40. The fourth-order valence-electron chi connectivity index (χ4n) is 2.33. The van der Waals surface area contributed by atoms with Gasteiger partial charge in [-0.2, -0.15) is 0 Å². The van der Waals surface area contributed by atoms with E-state index in [1.54, 1.807) is 6.07 Å². The Morgan fingerprint density at radius 1 is 1.24 bits per heavy atom. The normalized spacial score (nSPS) is 18.7. The first-order chi connectivity index (χ1) is 10.2. The minimum Gasteiger partial charge on any atom is -0.492 e. The number of hydrogen-bond acceptors (Lipinski definition) is 3. The van der Waals surface area contributed by atoms with Crippen LogP contribution in [0.2, 0.25) is 0 Å². The number of carbonyl (C=O) groups excluding carboxylic acids is 2. The number of amides is 2. The summed E-state index contributed by atoms with van der Waals surface area (Å²) in [5.74, 6) is 0.274. The molecular formula is C16H20N2O3. The Morgan fingerprint density at radius 3 is 2.57 bits per heavy atom. The quantitative estimate of drug-likeness (QED) is 0.788. The van der Waals surface area contributed by atoms with Gasteiger partial charge in [-0.15, -0.1) is 0 Å². The third-order valence-corrected chi connectivity index (χ3v) is 3.97. The first-order valence-electron chi connectivity index (χ1n) is 7.50. The molecule has 0 spiro atoms. The van der Waals surface area contributed by atoms with Crippen molar-refractivity contribution in [3.8, 4) is 5.75 Å². The molecule has 0 unspecified atom stereocenters. The van der Waals surface area contributed by atoms with Crippen molar-refractivity contribution in [1.29, 1.82) is 0 Å². The zero-order chi connectivity index (χ0) is 14.9. The minimum absolute atomic E-state index is 0.128. The monoisotopic (exact) mass is 288 g/mol. The van der Waals surface area contributed by atoms with E-state index >= 15 is 0 Å². The number of anilines is 1. The van der Waals surface area contributed by atoms with Crippen LogP contribution in [0.1, 0.15) is 32.6 Å². The van der Waals surface area contributed by atoms with Gasteiger partial charge in [0.05, 0.1) is 12.3 Å². The van der Waals surface area contributed by atoms with Crippen molar-refractivity contribution in [1.82, 2.24) is 5.32 Å². The molecule has 0 saturated heterocycles. The van der Waals surface area contributed by atoms with Crippen LogP contribution in [0.25, 0.3) is 0 Å². The Labute approximate surface area is 124 Å². The molecule has 1 aromatic rings. The van der Waals surface area contributed by atoms with Crippen molar-refractivity contribution in [2.24, 2.45) is 5.41 Å². The third-order valence-electron chi connectivity index (χ3n) is 3.97. The maximum atomic E-state index is 12.5. The van der Waals surface area contributed by atoms with Gasteiger partial charge in [-0.1, -0.05) is 12.1 Å². The largest absolute Gasteiger partial charge is 0.492 e. The number of rotatable bonds is 6. The fourth-order valence-corrected chi connectivity index (χ4v) is 2.33. The summed E-state index contributed by atoms with van der Waals surface area (Å²) in [5.41, 5.74) is -0.253. The molecule has 0 aliphatic heterocycles. The first-order valence-corrected chi connectivity index (χ1v) is 7.50. The molecule has 0 radical (unpaired) electrons. The van der Waals surface area contributed by atoms with Crippen LogP contribution in [0, 0.1) is 5.41 Å². The highest BCUT2D eigenvalue weighted by molar-refractivity contribution is 6.13. The van der Waals surface area contributed by atoms with E-state index in [9.17, 15) is 9.59 Å². The Bertz CT molecular complexity index is 562. The van der Waals surface area contributed by atoms with Gasteiger partial charge in [-0.05, 0) is 44.7 Å². The van der Waals surface area contributed by atoms with Gasteiger partial charge in [0.25, 0.3) is 0 Å². The van der Waals surface area contributed by atoms with Crippen LogP contribution in [0.3, 0.4) is 0 Å². The summed E-state index contributed by atoms with van der Waals surface area (Å²) in [6.45, 7) is 2.42. The summed E-state index contributed by atoms with van der Waals surface area (Å²) in [6.07, 6.45) is 3.29. The van der Waals surface area contributed by atoms with E-state index in [-0.39, 0.29) is 17.9 Å². The molecule has 2 N–H and O–H groups in total. The molecule has 5 heteroatoms. The highest BCUT2D eigenvalue weighted by atomic mass is 16.5. The van der Waals surface area contributed by atoms with Gasteiger partial charge in [-0.25, -0.2) is 0 Å². The van der Waals surface area contributed by atoms with Crippen LogP contribution in [-0.2, 0) is 9.59 Å². The summed E-state index contributed by atoms with van der Waals surface area (Å²) >= 11 is 0. The highest BCUT2D eigenvalue weighted by Crippen LogP contribution is 2.47. The van der Waals surface area contributed by atoms with Gasteiger partial charge >= 0.3 is 0 Å². The molecule has 2 amide bonds. The van der Waals surface area contributed by atoms with E-state index in [1.165, 1.54) is 0 Å². The number of carbonyl (C=O) groups is 2. The number of benzene rings is 1. The average molecular weight is 288 g/mol. The van der Waals surface area contributed by atoms with Crippen LogP contribution in [-0.4, -0.2) is 24.5 Å². The second kappa shape index (κ2) is 5.39. The molecule has 5 nitrogen and oxygen atoms in total. The molecule has 2 saturated carbocycles. The molecule has 0 aromatic heterocycles. The maximum Gasteiger partial charge on any atom is 0.240 e. The number of hydrogen-bond donors (Lipinski definition) is 2. The minimum atomic E-state index is -0.873. The van der Waals surface area contributed by atoms with Crippen LogP contribution >= 0.6 is 0 Å². The highest BCUT2D eigenvalue weighted by Gasteiger charge is 2.57. The van der Waals surface area contributed by atoms with Crippen molar-refractivity contribution in [3.63, 3.8) is 0 Å². The van der Waals surface area contributed by atoms with E-state index in [1.807, 2.05) is 25.1 Å². The summed E-state index contributed by atoms with van der Waals surface area (Å²) < 4.78 is 5.49. The van der Waals surface area contributed by atoms with Crippen LogP contribution < -0.4 is 15.4 Å². The summed E-state index contributed by atoms with van der Waals surface area (Å²) in [4.78, 5) is 24.7. The molecule has 1 aromatic carbocycles. The summed E-state index contributed by atoms with van der Waals surface area (Å²) in [6, 6.07) is 7.56. The molecule has 0 heterocycles. The van der Waals surface area contributed by atoms with Gasteiger partial charge in [0.2, 0.25) is 11.8 Å². The van der Waals surface area contributed by atoms with Crippen molar-refractivity contribution in [2.45, 2.75) is 38.6 Å². The molecule has 3 rings (SSSR count). The van der Waals surface area contributed by atoms with Crippen LogP contribution in [0.15, 0.2) is 24.3 Å². The van der Waals surface area contributed by atoms with E-state index in [0.717, 1.165) is 12.8 Å². The molecule has 0 bridgehead atoms. The van der Waals surface area contributed by atoms with Gasteiger partial charge in [0.1, 0.15) is 11.2 Å². The van der Waals surface area contributed by atoms with Gasteiger partial charge in [0, 0.05) is 6.04 Å². The van der Waals surface area contributed by atoms with Crippen molar-refractivity contribution in [3.05, 3.63) is 24.3 Å². The zero-order valence-electron chi connectivity index (χ0n) is 12.1. The topological polar surface area (TPSA) is 67.4 Å². The average Bonchev–Trinajstić information content (AvgIpc) is 3.35. The Balaban J connectivity index is 1.69. The van der Waals surface area contributed by atoms with Crippen molar-refractivity contribution < 1.29 is 14.3 Å². The summed E-state index contributed by atoms with van der Waals surface area (Å²) in [7, 11) is 0. The zero-order valence-corrected chi connectivity index (χ0v) is 12.1. The van der Waals surface area contributed by atoms with E-state index in [0.29, 0.717) is 30.9 Å². The number of ether oxygens (including phenoxy) is 1. The molecule has 112 valence electrons. The van der Waals surface area contributed by atoms with Gasteiger partial charge < -0.3 is 15.4 Å². The van der Waals surface area contributed by atoms with E-state index in [4.69, 9.17) is 4.74 Å². The molecular weight excluding hydrogens is 268 g/mol. The third kappa shape index (κ3) is 2.86. The second-order valence-corrected chi connectivity index (χ2v) is 5.71. The second-order valence-electron chi connectivity index (χ2n) is 5.71. The molecule has 21 heavy (non-hydrogen) atoms. The lowest BCUT2D eigenvalue weighted by molar-refractivity contribution is -0.134. The number of nitrogens with one attached hydrogen (secondary N) is 2.